The predicted molar refractivity (Wildman–Crippen MR) is 73.3 cm³/mol. The number of hydrogen-bond donors (Lipinski definition) is 1. The van der Waals surface area contributed by atoms with Crippen molar-refractivity contribution in [2.24, 2.45) is 0 Å². The number of carboxylic acids is 1. The Morgan fingerprint density at radius 1 is 1.27 bits per heavy atom. The van der Waals surface area contributed by atoms with Crippen LogP contribution in [0.2, 0.25) is 0 Å². The van der Waals surface area contributed by atoms with Gasteiger partial charge in [-0.1, -0.05) is 36.4 Å². The van der Waals surface area contributed by atoms with Crippen molar-refractivity contribution in [3.05, 3.63) is 48.0 Å². The van der Waals surface area contributed by atoms with E-state index in [-0.39, 0.29) is 19.1 Å². The number of carbonyl (C=O) groups is 1. The topological polar surface area (TPSA) is 55.8 Å². The van der Waals surface area contributed by atoms with Crippen LogP contribution in [0.4, 0.5) is 13.2 Å². The summed E-state index contributed by atoms with van der Waals surface area (Å²) in [6.45, 7) is -0.178. The van der Waals surface area contributed by atoms with Gasteiger partial charge in [-0.15, -0.1) is 0 Å². The summed E-state index contributed by atoms with van der Waals surface area (Å²) in [4.78, 5) is 10.4. The number of benzene rings is 1. The Labute approximate surface area is 126 Å². The molecule has 1 N–H and O–H groups in total. The SMILES string of the molecule is O=C(O)COC(/C=C/C(F)(F)F)CCOCc1ccccc1. The molecular weight excluding hydrogens is 301 g/mol. The molecule has 0 spiro atoms. The van der Waals surface area contributed by atoms with E-state index in [2.05, 4.69) is 0 Å². The van der Waals surface area contributed by atoms with Gasteiger partial charge in [-0.3, -0.25) is 0 Å². The fourth-order valence-electron chi connectivity index (χ4n) is 1.59. The molecule has 0 aromatic heterocycles. The fourth-order valence-corrected chi connectivity index (χ4v) is 1.59. The first kappa shape index (κ1) is 18.2. The molecular formula is C15H17F3O4. The number of hydrogen-bond acceptors (Lipinski definition) is 3. The van der Waals surface area contributed by atoms with E-state index in [1.807, 2.05) is 30.3 Å². The maximum atomic E-state index is 12.1. The van der Waals surface area contributed by atoms with Gasteiger partial charge in [-0.25, -0.2) is 4.79 Å². The van der Waals surface area contributed by atoms with Crippen molar-refractivity contribution in [2.75, 3.05) is 13.2 Å². The largest absolute Gasteiger partial charge is 0.480 e. The zero-order valence-electron chi connectivity index (χ0n) is 11.8. The highest BCUT2D eigenvalue weighted by Crippen LogP contribution is 2.17. The molecule has 0 saturated carbocycles. The van der Waals surface area contributed by atoms with E-state index in [4.69, 9.17) is 14.6 Å². The second-order valence-electron chi connectivity index (χ2n) is 4.47. The highest BCUT2D eigenvalue weighted by Gasteiger charge is 2.23. The number of aliphatic carboxylic acids is 1. The first-order valence-electron chi connectivity index (χ1n) is 6.58. The van der Waals surface area contributed by atoms with Crippen LogP contribution >= 0.6 is 0 Å². The normalized spacial score (nSPS) is 13.4. The molecule has 1 rings (SSSR count). The van der Waals surface area contributed by atoms with Gasteiger partial charge in [0.15, 0.2) is 0 Å². The standard InChI is InChI=1S/C15H17F3O4/c16-15(17,18)8-6-13(22-11-14(19)20)7-9-21-10-12-4-2-1-3-5-12/h1-6,8,13H,7,9-11H2,(H,19,20)/b8-6+. The zero-order chi connectivity index (χ0) is 16.4. The number of rotatable bonds is 9. The minimum atomic E-state index is -4.46. The molecule has 0 aliphatic heterocycles. The van der Waals surface area contributed by atoms with Crippen molar-refractivity contribution < 1.29 is 32.5 Å². The molecule has 0 fully saturated rings. The van der Waals surface area contributed by atoms with E-state index in [0.29, 0.717) is 6.61 Å². The minimum Gasteiger partial charge on any atom is -0.480 e. The van der Waals surface area contributed by atoms with Crippen molar-refractivity contribution in [2.45, 2.75) is 25.3 Å². The van der Waals surface area contributed by atoms with Gasteiger partial charge < -0.3 is 14.6 Å². The average Bonchev–Trinajstić information content (AvgIpc) is 2.45. The summed E-state index contributed by atoms with van der Waals surface area (Å²) in [5, 5.41) is 8.51. The Hall–Kier alpha value is -1.86. The molecule has 0 saturated heterocycles. The number of carboxylic acid groups (broad SMARTS) is 1. The van der Waals surface area contributed by atoms with Crippen molar-refractivity contribution in [3.63, 3.8) is 0 Å². The second kappa shape index (κ2) is 9.22. The average molecular weight is 318 g/mol. The quantitative estimate of drug-likeness (QED) is 0.561. The Balaban J connectivity index is 2.39. The maximum Gasteiger partial charge on any atom is 0.409 e. The van der Waals surface area contributed by atoms with Gasteiger partial charge in [0.05, 0.1) is 12.7 Å². The third kappa shape index (κ3) is 9.15. The first-order chi connectivity index (χ1) is 10.4. The predicted octanol–water partition coefficient (Wildman–Crippen LogP) is 3.18. The zero-order valence-corrected chi connectivity index (χ0v) is 11.8. The number of ether oxygens (including phenoxy) is 2. The minimum absolute atomic E-state index is 0.0384. The highest BCUT2D eigenvalue weighted by atomic mass is 19.4. The summed E-state index contributed by atoms with van der Waals surface area (Å²) in [6, 6.07) is 9.29. The van der Waals surface area contributed by atoms with Crippen LogP contribution in [0, 0.1) is 0 Å². The molecule has 7 heteroatoms. The molecule has 0 aliphatic rings. The Kier molecular flexibility index (Phi) is 7.62. The van der Waals surface area contributed by atoms with Gasteiger partial charge in [-0.2, -0.15) is 13.2 Å². The monoisotopic (exact) mass is 318 g/mol. The smallest absolute Gasteiger partial charge is 0.409 e. The van der Waals surface area contributed by atoms with E-state index in [1.165, 1.54) is 0 Å². The van der Waals surface area contributed by atoms with Crippen LogP contribution in [-0.2, 0) is 20.9 Å². The first-order valence-corrected chi connectivity index (χ1v) is 6.58. The molecule has 1 atom stereocenters. The van der Waals surface area contributed by atoms with Crippen LogP contribution in [0.25, 0.3) is 0 Å². The van der Waals surface area contributed by atoms with Crippen LogP contribution in [0.1, 0.15) is 12.0 Å². The summed E-state index contributed by atoms with van der Waals surface area (Å²) in [5.74, 6) is -1.24. The van der Waals surface area contributed by atoms with E-state index in [9.17, 15) is 18.0 Å². The van der Waals surface area contributed by atoms with Gasteiger partial charge in [-0.05, 0) is 5.56 Å². The van der Waals surface area contributed by atoms with Crippen molar-refractivity contribution in [1.29, 1.82) is 0 Å². The van der Waals surface area contributed by atoms with Crippen molar-refractivity contribution in [3.8, 4) is 0 Å². The summed E-state index contributed by atoms with van der Waals surface area (Å²) in [5.41, 5.74) is 0.941. The van der Waals surface area contributed by atoms with Crippen molar-refractivity contribution in [1.82, 2.24) is 0 Å². The molecule has 0 radical (unpaired) electrons. The van der Waals surface area contributed by atoms with Crippen LogP contribution < -0.4 is 0 Å². The third-order valence-electron chi connectivity index (χ3n) is 2.58. The van der Waals surface area contributed by atoms with Gasteiger partial charge >= 0.3 is 12.1 Å². The Bertz CT molecular complexity index is 471. The number of halogens is 3. The lowest BCUT2D eigenvalue weighted by Crippen LogP contribution is -2.19. The number of alkyl halides is 3. The van der Waals surface area contributed by atoms with Gasteiger partial charge in [0.25, 0.3) is 0 Å². The second-order valence-corrected chi connectivity index (χ2v) is 4.47. The van der Waals surface area contributed by atoms with Crippen LogP contribution in [0.3, 0.4) is 0 Å². The summed E-state index contributed by atoms with van der Waals surface area (Å²) in [6.07, 6.45) is -4.46. The molecule has 0 bridgehead atoms. The lowest BCUT2D eigenvalue weighted by atomic mass is 10.2. The number of allylic oxidation sites excluding steroid dienone is 1. The summed E-state index contributed by atoms with van der Waals surface area (Å²) < 4.78 is 46.6. The van der Waals surface area contributed by atoms with Crippen molar-refractivity contribution >= 4 is 5.97 Å². The van der Waals surface area contributed by atoms with Gasteiger partial charge in [0.2, 0.25) is 0 Å². The molecule has 1 aromatic rings. The fraction of sp³-hybridized carbons (Fsp3) is 0.400. The summed E-state index contributed by atoms with van der Waals surface area (Å²) in [7, 11) is 0. The van der Waals surface area contributed by atoms with E-state index in [1.54, 1.807) is 0 Å². The molecule has 0 amide bonds. The van der Waals surface area contributed by atoms with E-state index < -0.39 is 24.9 Å². The molecule has 22 heavy (non-hydrogen) atoms. The molecule has 1 aromatic carbocycles. The third-order valence-corrected chi connectivity index (χ3v) is 2.58. The highest BCUT2D eigenvalue weighted by molar-refractivity contribution is 5.68. The van der Waals surface area contributed by atoms with E-state index in [0.717, 1.165) is 11.6 Å². The molecule has 4 nitrogen and oxygen atoms in total. The lowest BCUT2D eigenvalue weighted by Gasteiger charge is -2.13. The van der Waals surface area contributed by atoms with E-state index >= 15 is 0 Å². The molecule has 0 aliphatic carbocycles. The van der Waals surface area contributed by atoms with Gasteiger partial charge in [0.1, 0.15) is 6.61 Å². The molecule has 122 valence electrons. The van der Waals surface area contributed by atoms with Crippen LogP contribution in [-0.4, -0.2) is 36.6 Å². The molecule has 1 unspecified atom stereocenters. The van der Waals surface area contributed by atoms with Gasteiger partial charge in [0, 0.05) is 19.1 Å². The van der Waals surface area contributed by atoms with Crippen LogP contribution in [0.5, 0.6) is 0 Å². The maximum absolute atomic E-state index is 12.1. The summed E-state index contributed by atoms with van der Waals surface area (Å²) >= 11 is 0. The van der Waals surface area contributed by atoms with Crippen LogP contribution in [0.15, 0.2) is 42.5 Å². The Morgan fingerprint density at radius 2 is 1.95 bits per heavy atom. The lowest BCUT2D eigenvalue weighted by molar-refractivity contribution is -0.143. The molecule has 0 heterocycles. The Morgan fingerprint density at radius 3 is 2.55 bits per heavy atom.